The summed E-state index contributed by atoms with van der Waals surface area (Å²) in [6, 6.07) is 2.18. The SMILES string of the molecule is O=C(O)Cc1cc(O)cc(NC(=O)CC2CC(O)C(O)C(O)C2)c1O. The highest BCUT2D eigenvalue weighted by Gasteiger charge is 2.35. The number of phenols is 2. The van der Waals surface area contributed by atoms with Gasteiger partial charge in [-0.3, -0.25) is 9.59 Å². The predicted molar refractivity (Wildman–Crippen MR) is 85.1 cm³/mol. The number of aliphatic hydroxyl groups excluding tert-OH is 3. The number of rotatable bonds is 5. The van der Waals surface area contributed by atoms with Gasteiger partial charge in [-0.25, -0.2) is 0 Å². The molecule has 1 fully saturated rings. The molecule has 0 bridgehead atoms. The van der Waals surface area contributed by atoms with Crippen LogP contribution in [0.15, 0.2) is 12.1 Å². The van der Waals surface area contributed by atoms with Crippen molar-refractivity contribution in [2.24, 2.45) is 5.92 Å². The lowest BCUT2D eigenvalue weighted by Gasteiger charge is -2.33. The number of hydrogen-bond donors (Lipinski definition) is 7. The Hall–Kier alpha value is -2.36. The zero-order valence-electron chi connectivity index (χ0n) is 13.3. The van der Waals surface area contributed by atoms with Crippen LogP contribution in [0.5, 0.6) is 11.5 Å². The number of aliphatic carboxylic acids is 1. The number of nitrogens with one attached hydrogen (secondary N) is 1. The average Bonchev–Trinajstić information content (AvgIpc) is 2.48. The molecule has 9 nitrogen and oxygen atoms in total. The first-order valence-electron chi connectivity index (χ1n) is 7.78. The van der Waals surface area contributed by atoms with Crippen LogP contribution in [0.1, 0.15) is 24.8 Å². The summed E-state index contributed by atoms with van der Waals surface area (Å²) in [5, 5.41) is 59.6. The first-order valence-corrected chi connectivity index (χ1v) is 7.78. The Morgan fingerprint density at radius 3 is 2.24 bits per heavy atom. The molecular formula is C16H21NO8. The highest BCUT2D eigenvalue weighted by Crippen LogP contribution is 2.34. The molecule has 25 heavy (non-hydrogen) atoms. The molecule has 138 valence electrons. The second kappa shape index (κ2) is 7.68. The number of aliphatic hydroxyl groups is 3. The third kappa shape index (κ3) is 4.81. The summed E-state index contributed by atoms with van der Waals surface area (Å²) in [4.78, 5) is 22.9. The number of carboxylic acid groups (broad SMARTS) is 1. The summed E-state index contributed by atoms with van der Waals surface area (Å²) in [5.74, 6) is -2.88. The van der Waals surface area contributed by atoms with E-state index in [1.165, 1.54) is 0 Å². The largest absolute Gasteiger partial charge is 0.508 e. The first-order chi connectivity index (χ1) is 11.7. The molecular weight excluding hydrogens is 334 g/mol. The summed E-state index contributed by atoms with van der Waals surface area (Å²) < 4.78 is 0. The van der Waals surface area contributed by atoms with Gasteiger partial charge in [0.05, 0.1) is 24.3 Å². The second-order valence-corrected chi connectivity index (χ2v) is 6.29. The molecule has 0 saturated heterocycles. The first kappa shape index (κ1) is 19.0. The van der Waals surface area contributed by atoms with Crippen LogP contribution in [0.4, 0.5) is 5.69 Å². The summed E-state index contributed by atoms with van der Waals surface area (Å²) in [5.41, 5.74) is -0.173. The normalized spacial score (nSPS) is 26.2. The Morgan fingerprint density at radius 2 is 1.68 bits per heavy atom. The smallest absolute Gasteiger partial charge is 0.307 e. The van der Waals surface area contributed by atoms with E-state index in [4.69, 9.17) is 5.11 Å². The topological polar surface area (TPSA) is 168 Å². The van der Waals surface area contributed by atoms with Crippen LogP contribution in [0.3, 0.4) is 0 Å². The van der Waals surface area contributed by atoms with E-state index in [0.29, 0.717) is 0 Å². The third-order valence-corrected chi connectivity index (χ3v) is 4.20. The van der Waals surface area contributed by atoms with Gasteiger partial charge in [-0.2, -0.15) is 0 Å². The molecule has 1 aliphatic carbocycles. The van der Waals surface area contributed by atoms with Crippen LogP contribution in [0.2, 0.25) is 0 Å². The minimum atomic E-state index is -1.24. The number of phenolic OH excluding ortho intramolecular Hbond substituents is 2. The van der Waals surface area contributed by atoms with Crippen molar-refractivity contribution in [3.05, 3.63) is 17.7 Å². The Labute approximate surface area is 143 Å². The second-order valence-electron chi connectivity index (χ2n) is 6.29. The minimum absolute atomic E-state index is 0.0468. The lowest BCUT2D eigenvalue weighted by Crippen LogP contribution is -2.44. The Kier molecular flexibility index (Phi) is 5.83. The van der Waals surface area contributed by atoms with Crippen molar-refractivity contribution >= 4 is 17.6 Å². The van der Waals surface area contributed by atoms with E-state index in [1.807, 2.05) is 0 Å². The van der Waals surface area contributed by atoms with Gasteiger partial charge in [-0.05, 0) is 24.8 Å². The molecule has 2 atom stereocenters. The number of anilines is 1. The molecule has 0 radical (unpaired) electrons. The Morgan fingerprint density at radius 1 is 1.08 bits per heavy atom. The van der Waals surface area contributed by atoms with Crippen molar-refractivity contribution in [1.29, 1.82) is 0 Å². The molecule has 0 aromatic heterocycles. The lowest BCUT2D eigenvalue weighted by molar-refractivity contribution is -0.136. The third-order valence-electron chi connectivity index (χ3n) is 4.20. The van der Waals surface area contributed by atoms with Gasteiger partial charge in [0.25, 0.3) is 0 Å². The molecule has 9 heteroatoms. The van der Waals surface area contributed by atoms with Gasteiger partial charge in [-0.1, -0.05) is 0 Å². The zero-order chi connectivity index (χ0) is 18.7. The van der Waals surface area contributed by atoms with Crippen molar-refractivity contribution in [1.82, 2.24) is 0 Å². The monoisotopic (exact) mass is 355 g/mol. The summed E-state index contributed by atoms with van der Waals surface area (Å²) in [6.45, 7) is 0. The van der Waals surface area contributed by atoms with Crippen LogP contribution in [0.25, 0.3) is 0 Å². The number of amides is 1. The number of carboxylic acids is 1. The van der Waals surface area contributed by atoms with Crippen molar-refractivity contribution in [2.75, 3.05) is 5.32 Å². The highest BCUT2D eigenvalue weighted by molar-refractivity contribution is 5.93. The predicted octanol–water partition coefficient (Wildman–Crippen LogP) is -0.454. The molecule has 1 aromatic rings. The minimum Gasteiger partial charge on any atom is -0.508 e. The number of carbonyl (C=O) groups excluding carboxylic acids is 1. The van der Waals surface area contributed by atoms with Gasteiger partial charge in [0.15, 0.2) is 0 Å². The van der Waals surface area contributed by atoms with E-state index in [1.54, 1.807) is 0 Å². The molecule has 0 aliphatic heterocycles. The fraction of sp³-hybridized carbons (Fsp3) is 0.500. The number of hydrogen-bond acceptors (Lipinski definition) is 7. The van der Waals surface area contributed by atoms with Crippen molar-refractivity contribution < 1.29 is 40.2 Å². The number of aromatic hydroxyl groups is 2. The molecule has 1 aromatic carbocycles. The molecule has 7 N–H and O–H groups in total. The Balaban J connectivity index is 2.05. The fourth-order valence-corrected chi connectivity index (χ4v) is 3.02. The van der Waals surface area contributed by atoms with Gasteiger partial charge in [0.2, 0.25) is 5.91 Å². The standard InChI is InChI=1S/C16H21NO8/c18-9-4-8(5-14(22)23)15(24)10(6-9)17-13(21)3-7-1-11(19)16(25)12(20)2-7/h4,6-7,11-12,16,18-20,24-25H,1-3,5H2,(H,17,21)(H,22,23). The summed E-state index contributed by atoms with van der Waals surface area (Å²) >= 11 is 0. The Bertz CT molecular complexity index is 650. The lowest BCUT2D eigenvalue weighted by atomic mass is 9.81. The zero-order valence-corrected chi connectivity index (χ0v) is 13.3. The molecule has 2 rings (SSSR count). The van der Waals surface area contributed by atoms with E-state index in [2.05, 4.69) is 5.32 Å². The highest BCUT2D eigenvalue weighted by atomic mass is 16.4. The average molecular weight is 355 g/mol. The van der Waals surface area contributed by atoms with Crippen LogP contribution >= 0.6 is 0 Å². The van der Waals surface area contributed by atoms with Gasteiger partial charge in [0, 0.05) is 18.1 Å². The van der Waals surface area contributed by atoms with Gasteiger partial charge in [-0.15, -0.1) is 0 Å². The van der Waals surface area contributed by atoms with Crippen LogP contribution in [-0.2, 0) is 16.0 Å². The molecule has 2 unspecified atom stereocenters. The summed E-state index contributed by atoms with van der Waals surface area (Å²) in [7, 11) is 0. The van der Waals surface area contributed by atoms with Crippen molar-refractivity contribution in [3.8, 4) is 11.5 Å². The maximum Gasteiger partial charge on any atom is 0.307 e. The van der Waals surface area contributed by atoms with Crippen molar-refractivity contribution in [2.45, 2.75) is 44.0 Å². The fourth-order valence-electron chi connectivity index (χ4n) is 3.02. The van der Waals surface area contributed by atoms with E-state index >= 15 is 0 Å². The molecule has 1 amide bonds. The maximum atomic E-state index is 12.1. The number of benzene rings is 1. The summed E-state index contributed by atoms with van der Waals surface area (Å²) in [6.07, 6.45) is -3.82. The van der Waals surface area contributed by atoms with E-state index < -0.39 is 42.4 Å². The van der Waals surface area contributed by atoms with E-state index in [9.17, 15) is 35.1 Å². The van der Waals surface area contributed by atoms with Crippen LogP contribution in [0, 0.1) is 5.92 Å². The molecule has 1 aliphatic rings. The molecule has 0 heterocycles. The van der Waals surface area contributed by atoms with Gasteiger partial charge < -0.3 is 36.0 Å². The van der Waals surface area contributed by atoms with Gasteiger partial charge >= 0.3 is 5.97 Å². The van der Waals surface area contributed by atoms with E-state index in [0.717, 1.165) is 12.1 Å². The van der Waals surface area contributed by atoms with Crippen molar-refractivity contribution in [3.63, 3.8) is 0 Å². The molecule has 1 saturated carbocycles. The quantitative estimate of drug-likeness (QED) is 0.275. The van der Waals surface area contributed by atoms with Crippen LogP contribution < -0.4 is 5.32 Å². The number of carbonyl (C=O) groups is 2. The van der Waals surface area contributed by atoms with Gasteiger partial charge in [0.1, 0.15) is 17.6 Å². The van der Waals surface area contributed by atoms with E-state index in [-0.39, 0.29) is 42.2 Å². The van der Waals surface area contributed by atoms with Crippen LogP contribution in [-0.4, -0.2) is 60.8 Å². The maximum absolute atomic E-state index is 12.1. The molecule has 0 spiro atoms.